The average Bonchev–Trinajstić information content (AvgIpc) is 3.46. The second-order valence-electron chi connectivity index (χ2n) is 7.93. The Labute approximate surface area is 174 Å². The predicted octanol–water partition coefficient (Wildman–Crippen LogP) is 3.71. The molecule has 3 aromatic heterocycles. The molecule has 29 heavy (non-hydrogen) atoms. The molecule has 6 heterocycles. The molecule has 2 bridgehead atoms. The largest absolute Gasteiger partial charge is 0.459 e. The van der Waals surface area contributed by atoms with Crippen molar-refractivity contribution in [3.8, 4) is 10.6 Å². The normalized spacial score (nSPS) is 25.8. The summed E-state index contributed by atoms with van der Waals surface area (Å²) in [6.07, 6.45) is 3.80. The number of nitrogens with zero attached hydrogens (tertiary/aromatic N) is 3. The molecule has 1 unspecified atom stereocenters. The Hall–Kier alpha value is -2.51. The van der Waals surface area contributed by atoms with Crippen LogP contribution < -0.4 is 5.32 Å². The molecule has 3 saturated heterocycles. The van der Waals surface area contributed by atoms with Crippen molar-refractivity contribution in [2.75, 3.05) is 19.6 Å². The molecule has 3 aliphatic heterocycles. The molecule has 1 amide bonds. The number of piperidine rings is 3. The van der Waals surface area contributed by atoms with Gasteiger partial charge in [0.25, 0.3) is 5.91 Å². The van der Waals surface area contributed by atoms with E-state index in [9.17, 15) is 4.79 Å². The van der Waals surface area contributed by atoms with Crippen molar-refractivity contribution in [3.63, 3.8) is 0 Å². The molecule has 1 N–H and O–H groups in total. The van der Waals surface area contributed by atoms with E-state index in [1.807, 2.05) is 6.92 Å². The summed E-state index contributed by atoms with van der Waals surface area (Å²) in [5, 5.41) is 5.12. The molecule has 0 aliphatic carbocycles. The Balaban J connectivity index is 1.29. The van der Waals surface area contributed by atoms with Crippen LogP contribution in [0.2, 0.25) is 0 Å². The summed E-state index contributed by atoms with van der Waals surface area (Å²) in [6, 6.07) is 10.2. The van der Waals surface area contributed by atoms with Crippen molar-refractivity contribution in [1.29, 1.82) is 0 Å². The van der Waals surface area contributed by atoms with Gasteiger partial charge in [0.05, 0.1) is 16.8 Å². The minimum Gasteiger partial charge on any atom is -0.459 e. The van der Waals surface area contributed by atoms with E-state index >= 15 is 0 Å². The zero-order valence-corrected chi connectivity index (χ0v) is 17.2. The Morgan fingerprint density at radius 1 is 1.34 bits per heavy atom. The number of nitrogens with one attached hydrogen (secondary N) is 1. The van der Waals surface area contributed by atoms with Gasteiger partial charge in [-0.2, -0.15) is 0 Å². The van der Waals surface area contributed by atoms with Crippen LogP contribution in [0.3, 0.4) is 0 Å². The van der Waals surface area contributed by atoms with Gasteiger partial charge < -0.3 is 9.73 Å². The topological polar surface area (TPSA) is 71.3 Å². The number of furan rings is 1. The molecule has 0 spiro atoms. The van der Waals surface area contributed by atoms with Gasteiger partial charge in [0.15, 0.2) is 5.76 Å². The molecule has 6 rings (SSSR count). The fourth-order valence-corrected chi connectivity index (χ4v) is 5.41. The van der Waals surface area contributed by atoms with Gasteiger partial charge in [0.2, 0.25) is 0 Å². The molecule has 6 nitrogen and oxygen atoms in total. The van der Waals surface area contributed by atoms with E-state index in [-0.39, 0.29) is 5.91 Å². The number of aryl methyl sites for hydroxylation is 1. The van der Waals surface area contributed by atoms with Crippen LogP contribution in [0, 0.1) is 12.8 Å². The standard InChI is InChI=1S/C22H24N4O2S/c1-14-24-18(11-19(25-14)21-5-3-9-29-21)17-13-26-7-6-15(17)10-16(26)12-23-22(27)20-4-2-8-28-20/h2-5,8-9,11,15-17H,6-7,10,12-13H2,1H3,(H,23,27)/t15-,16+,17-/m0/s1. The monoisotopic (exact) mass is 408 g/mol. The van der Waals surface area contributed by atoms with E-state index in [1.54, 1.807) is 23.5 Å². The van der Waals surface area contributed by atoms with E-state index < -0.39 is 0 Å². The first kappa shape index (κ1) is 18.5. The first-order chi connectivity index (χ1) is 14.2. The lowest BCUT2D eigenvalue weighted by atomic mass is 9.74. The molecular formula is C22H24N4O2S. The number of aromatic nitrogens is 2. The van der Waals surface area contributed by atoms with Gasteiger partial charge in [-0.15, -0.1) is 11.3 Å². The third-order valence-electron chi connectivity index (χ3n) is 6.13. The maximum Gasteiger partial charge on any atom is 0.287 e. The van der Waals surface area contributed by atoms with Gasteiger partial charge in [0.1, 0.15) is 5.82 Å². The molecule has 0 radical (unpaired) electrons. The molecule has 3 aromatic rings. The number of amides is 1. The van der Waals surface area contributed by atoms with Crippen LogP contribution in [-0.4, -0.2) is 46.5 Å². The van der Waals surface area contributed by atoms with Crippen molar-refractivity contribution in [3.05, 3.63) is 59.3 Å². The summed E-state index contributed by atoms with van der Waals surface area (Å²) in [4.78, 5) is 25.3. The van der Waals surface area contributed by atoms with Gasteiger partial charge in [-0.3, -0.25) is 9.69 Å². The fraction of sp³-hybridized carbons (Fsp3) is 0.409. The fourth-order valence-electron chi connectivity index (χ4n) is 4.72. The number of rotatable bonds is 5. The molecule has 3 fully saturated rings. The van der Waals surface area contributed by atoms with Crippen LogP contribution >= 0.6 is 11.3 Å². The summed E-state index contributed by atoms with van der Waals surface area (Å²) in [6.45, 7) is 4.72. The minimum absolute atomic E-state index is 0.138. The van der Waals surface area contributed by atoms with Crippen molar-refractivity contribution < 1.29 is 9.21 Å². The SMILES string of the molecule is Cc1nc(-c2cccs2)cc([C@H]2CN3CC[C@H]2C[C@@H]3CNC(=O)c2ccco2)n1. The van der Waals surface area contributed by atoms with E-state index in [2.05, 4.69) is 38.8 Å². The smallest absolute Gasteiger partial charge is 0.287 e. The van der Waals surface area contributed by atoms with Crippen LogP contribution in [-0.2, 0) is 0 Å². The molecule has 4 atom stereocenters. The number of carbonyl (C=O) groups is 1. The van der Waals surface area contributed by atoms with Crippen LogP contribution in [0.4, 0.5) is 0 Å². The van der Waals surface area contributed by atoms with Crippen molar-refractivity contribution in [2.45, 2.75) is 31.7 Å². The second kappa shape index (κ2) is 7.72. The highest BCUT2D eigenvalue weighted by molar-refractivity contribution is 7.13. The Morgan fingerprint density at radius 3 is 3.00 bits per heavy atom. The highest BCUT2D eigenvalue weighted by atomic mass is 32.1. The first-order valence-corrected chi connectivity index (χ1v) is 11.0. The van der Waals surface area contributed by atoms with Crippen LogP contribution in [0.15, 0.2) is 46.4 Å². The number of thiophene rings is 1. The molecule has 150 valence electrons. The highest BCUT2D eigenvalue weighted by Crippen LogP contribution is 2.41. The summed E-state index contributed by atoms with van der Waals surface area (Å²) in [7, 11) is 0. The summed E-state index contributed by atoms with van der Waals surface area (Å²) < 4.78 is 5.19. The van der Waals surface area contributed by atoms with Gasteiger partial charge in [-0.1, -0.05) is 6.07 Å². The third-order valence-corrected chi connectivity index (χ3v) is 7.03. The minimum atomic E-state index is -0.138. The zero-order chi connectivity index (χ0) is 19.8. The van der Waals surface area contributed by atoms with Gasteiger partial charge in [0, 0.05) is 30.7 Å². The molecule has 0 saturated carbocycles. The predicted molar refractivity (Wildman–Crippen MR) is 112 cm³/mol. The second-order valence-corrected chi connectivity index (χ2v) is 8.88. The summed E-state index contributed by atoms with van der Waals surface area (Å²) in [5.41, 5.74) is 2.19. The van der Waals surface area contributed by atoms with Gasteiger partial charge in [-0.25, -0.2) is 9.97 Å². The average molecular weight is 409 g/mol. The lowest BCUT2D eigenvalue weighted by Crippen LogP contribution is -2.56. The lowest BCUT2D eigenvalue weighted by molar-refractivity contribution is 0.0288. The van der Waals surface area contributed by atoms with Gasteiger partial charge in [-0.05, 0) is 61.9 Å². The van der Waals surface area contributed by atoms with E-state index in [0.717, 1.165) is 36.7 Å². The summed E-state index contributed by atoms with van der Waals surface area (Å²) >= 11 is 1.72. The van der Waals surface area contributed by atoms with Crippen molar-refractivity contribution in [2.24, 2.45) is 5.92 Å². The van der Waals surface area contributed by atoms with Crippen LogP contribution in [0.1, 0.15) is 40.8 Å². The maximum absolute atomic E-state index is 12.2. The number of carbonyl (C=O) groups excluding carboxylic acids is 1. The molecule has 3 aliphatic rings. The maximum atomic E-state index is 12.2. The van der Waals surface area contributed by atoms with E-state index in [1.165, 1.54) is 17.6 Å². The first-order valence-electron chi connectivity index (χ1n) is 10.1. The molecule has 0 aromatic carbocycles. The van der Waals surface area contributed by atoms with Crippen molar-refractivity contribution in [1.82, 2.24) is 20.2 Å². The Kier molecular flexibility index (Phi) is 4.93. The Bertz CT molecular complexity index is 986. The number of hydrogen-bond donors (Lipinski definition) is 1. The number of hydrogen-bond acceptors (Lipinski definition) is 6. The van der Waals surface area contributed by atoms with Gasteiger partial charge >= 0.3 is 0 Å². The Morgan fingerprint density at radius 2 is 2.28 bits per heavy atom. The third kappa shape index (κ3) is 3.72. The van der Waals surface area contributed by atoms with Crippen LogP contribution in [0.5, 0.6) is 0 Å². The lowest BCUT2D eigenvalue weighted by Gasteiger charge is -2.49. The van der Waals surface area contributed by atoms with Crippen molar-refractivity contribution >= 4 is 17.2 Å². The van der Waals surface area contributed by atoms with E-state index in [0.29, 0.717) is 30.2 Å². The summed E-state index contributed by atoms with van der Waals surface area (Å²) in [5.74, 6) is 2.10. The highest BCUT2D eigenvalue weighted by Gasteiger charge is 2.41. The van der Waals surface area contributed by atoms with E-state index in [4.69, 9.17) is 9.40 Å². The molecular weight excluding hydrogens is 384 g/mol. The molecule has 7 heteroatoms. The van der Waals surface area contributed by atoms with Crippen LogP contribution in [0.25, 0.3) is 10.6 Å². The zero-order valence-electron chi connectivity index (χ0n) is 16.4. The quantitative estimate of drug-likeness (QED) is 0.697. The number of fused-ring (bicyclic) bond motifs is 3.